The van der Waals surface area contributed by atoms with E-state index in [0.29, 0.717) is 24.7 Å². The molecule has 0 aliphatic rings. The Morgan fingerprint density at radius 3 is 2.50 bits per heavy atom. The number of anilines is 1. The summed E-state index contributed by atoms with van der Waals surface area (Å²) in [6, 6.07) is 5.59. The largest absolute Gasteiger partial charge is 0.367 e. The quantitative estimate of drug-likeness (QED) is 0.819. The van der Waals surface area contributed by atoms with E-state index in [-0.39, 0.29) is 11.3 Å². The molecule has 0 atom stereocenters. The predicted octanol–water partition coefficient (Wildman–Crippen LogP) is 1.54. The number of nitrogens with zero attached hydrogens (tertiary/aromatic N) is 4. The molecule has 7 heteroatoms. The lowest BCUT2D eigenvalue weighted by molar-refractivity contribution is -0.128. The summed E-state index contributed by atoms with van der Waals surface area (Å²) in [6.45, 7) is 8.71. The van der Waals surface area contributed by atoms with Gasteiger partial charge in [-0.3, -0.25) is 4.79 Å². The molecule has 2 N–H and O–H groups in total. The van der Waals surface area contributed by atoms with Crippen LogP contribution in [0.3, 0.4) is 0 Å². The van der Waals surface area contributed by atoms with Crippen LogP contribution in [0.5, 0.6) is 0 Å². The van der Waals surface area contributed by atoms with E-state index in [0.717, 1.165) is 5.69 Å². The van der Waals surface area contributed by atoms with Gasteiger partial charge in [-0.2, -0.15) is 5.10 Å². The molecule has 7 nitrogen and oxygen atoms in total. The van der Waals surface area contributed by atoms with Crippen molar-refractivity contribution in [1.29, 1.82) is 0 Å². The van der Waals surface area contributed by atoms with Crippen molar-refractivity contribution in [3.05, 3.63) is 30.1 Å². The highest BCUT2D eigenvalue weighted by Crippen LogP contribution is 2.12. The van der Waals surface area contributed by atoms with Crippen molar-refractivity contribution in [3.8, 4) is 5.82 Å². The second kappa shape index (κ2) is 6.55. The Kier molecular flexibility index (Phi) is 4.75. The molecule has 0 radical (unpaired) electrons. The third-order valence-electron chi connectivity index (χ3n) is 3.01. The highest BCUT2D eigenvalue weighted by atomic mass is 16.2. The van der Waals surface area contributed by atoms with Gasteiger partial charge in [-0.1, -0.05) is 20.8 Å². The molecule has 118 valence electrons. The zero-order chi connectivity index (χ0) is 16.2. The van der Waals surface area contributed by atoms with Crippen LogP contribution in [0.1, 0.15) is 26.5 Å². The predicted molar refractivity (Wildman–Crippen MR) is 84.8 cm³/mol. The maximum absolute atomic E-state index is 11.7. The molecule has 2 aromatic rings. The Labute approximate surface area is 130 Å². The fourth-order valence-electron chi connectivity index (χ4n) is 1.72. The van der Waals surface area contributed by atoms with Crippen LogP contribution in [0.15, 0.2) is 24.4 Å². The lowest BCUT2D eigenvalue weighted by atomic mass is 9.96. The minimum Gasteiger partial charge on any atom is -0.367 e. The summed E-state index contributed by atoms with van der Waals surface area (Å²) in [6.07, 6.45) is 1.84. The van der Waals surface area contributed by atoms with Crippen molar-refractivity contribution in [2.24, 2.45) is 5.41 Å². The van der Waals surface area contributed by atoms with Gasteiger partial charge in [0.2, 0.25) is 5.91 Å². The summed E-state index contributed by atoms with van der Waals surface area (Å²) in [5.74, 6) is 1.36. The van der Waals surface area contributed by atoms with E-state index < -0.39 is 0 Å². The van der Waals surface area contributed by atoms with Crippen molar-refractivity contribution in [3.63, 3.8) is 0 Å². The lowest BCUT2D eigenvalue weighted by Gasteiger charge is -2.17. The zero-order valence-electron chi connectivity index (χ0n) is 13.4. The number of amides is 1. The molecular weight excluding hydrogens is 280 g/mol. The highest BCUT2D eigenvalue weighted by molar-refractivity contribution is 5.81. The van der Waals surface area contributed by atoms with E-state index in [2.05, 4.69) is 25.9 Å². The van der Waals surface area contributed by atoms with Crippen LogP contribution in [-0.2, 0) is 4.79 Å². The maximum atomic E-state index is 11.7. The van der Waals surface area contributed by atoms with Crippen LogP contribution in [0.25, 0.3) is 5.82 Å². The Morgan fingerprint density at radius 1 is 1.18 bits per heavy atom. The summed E-state index contributed by atoms with van der Waals surface area (Å²) in [7, 11) is 0. The van der Waals surface area contributed by atoms with Gasteiger partial charge >= 0.3 is 0 Å². The minimum absolute atomic E-state index is 0.0322. The van der Waals surface area contributed by atoms with Crippen LogP contribution < -0.4 is 10.6 Å². The van der Waals surface area contributed by atoms with Gasteiger partial charge in [0.05, 0.1) is 5.69 Å². The van der Waals surface area contributed by atoms with Crippen molar-refractivity contribution < 1.29 is 4.79 Å². The summed E-state index contributed by atoms with van der Waals surface area (Å²) in [4.78, 5) is 11.7. The average molecular weight is 302 g/mol. The van der Waals surface area contributed by atoms with E-state index in [1.165, 1.54) is 0 Å². The molecule has 2 heterocycles. The van der Waals surface area contributed by atoms with E-state index in [9.17, 15) is 4.79 Å². The van der Waals surface area contributed by atoms with Crippen LogP contribution in [0.4, 0.5) is 5.82 Å². The molecule has 1 amide bonds. The summed E-state index contributed by atoms with van der Waals surface area (Å²) >= 11 is 0. The van der Waals surface area contributed by atoms with Crippen LogP contribution >= 0.6 is 0 Å². The summed E-state index contributed by atoms with van der Waals surface area (Å²) < 4.78 is 1.68. The van der Waals surface area contributed by atoms with Gasteiger partial charge in [0, 0.05) is 24.7 Å². The second-order valence-corrected chi connectivity index (χ2v) is 6.11. The number of aryl methyl sites for hydroxylation is 1. The zero-order valence-corrected chi connectivity index (χ0v) is 13.4. The first-order valence-electron chi connectivity index (χ1n) is 7.25. The van der Waals surface area contributed by atoms with Gasteiger partial charge in [0.25, 0.3) is 0 Å². The second-order valence-electron chi connectivity index (χ2n) is 6.11. The van der Waals surface area contributed by atoms with Gasteiger partial charge in [0.1, 0.15) is 5.82 Å². The number of rotatable bonds is 5. The first kappa shape index (κ1) is 15.9. The third kappa shape index (κ3) is 4.28. The minimum atomic E-state index is -0.372. The number of hydrogen-bond acceptors (Lipinski definition) is 5. The summed E-state index contributed by atoms with van der Waals surface area (Å²) in [5.41, 5.74) is 0.558. The molecule has 0 aromatic carbocycles. The molecule has 0 unspecified atom stereocenters. The Balaban J connectivity index is 1.81. The fraction of sp³-hybridized carbons (Fsp3) is 0.467. The highest BCUT2D eigenvalue weighted by Gasteiger charge is 2.20. The first-order chi connectivity index (χ1) is 10.4. The fourth-order valence-corrected chi connectivity index (χ4v) is 1.72. The van der Waals surface area contributed by atoms with Crippen LogP contribution in [0.2, 0.25) is 0 Å². The van der Waals surface area contributed by atoms with E-state index in [1.807, 2.05) is 52.1 Å². The Bertz CT molecular complexity index is 626. The number of carbonyl (C=O) groups is 1. The molecule has 0 fully saturated rings. The molecule has 0 bridgehead atoms. The topological polar surface area (TPSA) is 84.7 Å². The smallest absolute Gasteiger partial charge is 0.225 e. The van der Waals surface area contributed by atoms with E-state index in [4.69, 9.17) is 0 Å². The number of aromatic nitrogens is 4. The number of nitrogens with one attached hydrogen (secondary N) is 2. The Hall–Kier alpha value is -2.44. The molecule has 2 rings (SSSR count). The number of carbonyl (C=O) groups excluding carboxylic acids is 1. The van der Waals surface area contributed by atoms with Gasteiger partial charge in [-0.05, 0) is 25.1 Å². The van der Waals surface area contributed by atoms with Gasteiger partial charge in [-0.25, -0.2) is 4.68 Å². The third-order valence-corrected chi connectivity index (χ3v) is 3.01. The van der Waals surface area contributed by atoms with Gasteiger partial charge < -0.3 is 10.6 Å². The molecule has 22 heavy (non-hydrogen) atoms. The average Bonchev–Trinajstić information content (AvgIpc) is 2.89. The molecule has 2 aromatic heterocycles. The van der Waals surface area contributed by atoms with Crippen molar-refractivity contribution in [1.82, 2.24) is 25.3 Å². The monoisotopic (exact) mass is 302 g/mol. The van der Waals surface area contributed by atoms with Crippen LogP contribution in [0, 0.1) is 12.3 Å². The molecule has 0 spiro atoms. The molecule has 0 aliphatic carbocycles. The van der Waals surface area contributed by atoms with Crippen molar-refractivity contribution >= 4 is 11.7 Å². The van der Waals surface area contributed by atoms with E-state index in [1.54, 1.807) is 4.68 Å². The van der Waals surface area contributed by atoms with Crippen LogP contribution in [-0.4, -0.2) is 39.0 Å². The normalized spacial score (nSPS) is 11.3. The SMILES string of the molecule is Cc1ccn(-c2ccc(NCCNC(=O)C(C)(C)C)nn2)n1. The molecule has 0 saturated heterocycles. The Morgan fingerprint density at radius 2 is 1.95 bits per heavy atom. The summed E-state index contributed by atoms with van der Waals surface area (Å²) in [5, 5.41) is 18.5. The van der Waals surface area contributed by atoms with Gasteiger partial charge in [-0.15, -0.1) is 10.2 Å². The number of hydrogen-bond donors (Lipinski definition) is 2. The van der Waals surface area contributed by atoms with E-state index >= 15 is 0 Å². The maximum Gasteiger partial charge on any atom is 0.225 e. The van der Waals surface area contributed by atoms with Crippen molar-refractivity contribution in [2.45, 2.75) is 27.7 Å². The van der Waals surface area contributed by atoms with Gasteiger partial charge in [0.15, 0.2) is 5.82 Å². The molecule has 0 aliphatic heterocycles. The molecular formula is C15H22N6O. The first-order valence-corrected chi connectivity index (χ1v) is 7.25. The molecule has 0 saturated carbocycles. The van der Waals surface area contributed by atoms with Crippen molar-refractivity contribution in [2.75, 3.05) is 18.4 Å². The standard InChI is InChI=1S/C15H22N6O/c1-11-7-10-21(20-11)13-6-5-12(18-19-13)16-8-9-17-14(22)15(2,3)4/h5-7,10H,8-9H2,1-4H3,(H,16,18)(H,17,22). The lowest BCUT2D eigenvalue weighted by Crippen LogP contribution is -2.37.